The number of rotatable bonds is 0. The Bertz CT molecular complexity index is 759. The van der Waals surface area contributed by atoms with Crippen LogP contribution in [-0.2, 0) is 18.3 Å². The topological polar surface area (TPSA) is 51.1 Å². The molecule has 4 rings (SSSR count). The van der Waals surface area contributed by atoms with Crippen molar-refractivity contribution in [2.75, 3.05) is 6.54 Å². The quantitative estimate of drug-likeness (QED) is 0.741. The van der Waals surface area contributed by atoms with Crippen LogP contribution in [0.25, 0.3) is 10.9 Å². The largest absolute Gasteiger partial charge is 0.355 e. The second-order valence-corrected chi connectivity index (χ2v) is 5.85. The highest BCUT2D eigenvalue weighted by Gasteiger charge is 2.54. The predicted octanol–water partition coefficient (Wildman–Crippen LogP) is 1.81. The van der Waals surface area contributed by atoms with Gasteiger partial charge in [0.2, 0.25) is 5.91 Å². The number of hydrogen-bond acceptors (Lipinski definition) is 2. The van der Waals surface area contributed by atoms with Crippen molar-refractivity contribution in [3.63, 3.8) is 0 Å². The van der Waals surface area contributed by atoms with Gasteiger partial charge in [0, 0.05) is 42.2 Å². The van der Waals surface area contributed by atoms with Crippen LogP contribution in [0.5, 0.6) is 0 Å². The van der Waals surface area contributed by atoms with Crippen molar-refractivity contribution in [1.29, 1.82) is 0 Å². The molecule has 1 fully saturated rings. The third kappa shape index (κ3) is 1.22. The molecule has 1 atom stereocenters. The summed E-state index contributed by atoms with van der Waals surface area (Å²) in [7, 11) is 1.98. The van der Waals surface area contributed by atoms with E-state index in [1.54, 1.807) is 0 Å². The highest BCUT2D eigenvalue weighted by atomic mass is 16.2. The lowest BCUT2D eigenvalue weighted by Gasteiger charge is -2.30. The van der Waals surface area contributed by atoms with E-state index in [1.807, 2.05) is 31.3 Å². The van der Waals surface area contributed by atoms with Gasteiger partial charge in [-0.3, -0.25) is 9.59 Å². The third-order valence-electron chi connectivity index (χ3n) is 4.86. The van der Waals surface area contributed by atoms with Crippen molar-refractivity contribution in [3.8, 4) is 0 Å². The number of aryl methyl sites for hydroxylation is 1. The van der Waals surface area contributed by atoms with E-state index in [-0.39, 0.29) is 11.7 Å². The fraction of sp³-hybridized carbons (Fsp3) is 0.375. The monoisotopic (exact) mass is 268 g/mol. The van der Waals surface area contributed by atoms with Crippen molar-refractivity contribution in [1.82, 2.24) is 9.88 Å². The number of benzene rings is 1. The molecule has 2 heterocycles. The molecule has 0 radical (unpaired) electrons. The molecule has 0 saturated carbocycles. The Morgan fingerprint density at radius 1 is 1.25 bits per heavy atom. The number of aromatic nitrogens is 1. The summed E-state index contributed by atoms with van der Waals surface area (Å²) in [6.45, 7) is 0.685. The highest BCUT2D eigenvalue weighted by molar-refractivity contribution is 6.22. The zero-order valence-electron chi connectivity index (χ0n) is 11.4. The number of Topliss-reactive ketones (excluding diaryl/α,β-unsaturated/α-hetero) is 1. The van der Waals surface area contributed by atoms with Gasteiger partial charge < -0.3 is 9.88 Å². The lowest BCUT2D eigenvalue weighted by molar-refractivity contribution is -0.130. The maximum Gasteiger partial charge on any atom is 0.234 e. The summed E-state index contributed by atoms with van der Waals surface area (Å²) in [4.78, 5) is 25.2. The summed E-state index contributed by atoms with van der Waals surface area (Å²) < 4.78 is 2.07. The number of hydrogen-bond donors (Lipinski definition) is 1. The van der Waals surface area contributed by atoms with Crippen LogP contribution in [0.4, 0.5) is 0 Å². The van der Waals surface area contributed by atoms with Gasteiger partial charge in [-0.15, -0.1) is 0 Å². The Morgan fingerprint density at radius 3 is 2.85 bits per heavy atom. The first-order chi connectivity index (χ1) is 9.65. The van der Waals surface area contributed by atoms with Gasteiger partial charge in [0.1, 0.15) is 5.41 Å². The molecule has 1 aromatic carbocycles. The smallest absolute Gasteiger partial charge is 0.234 e. The van der Waals surface area contributed by atoms with Crippen molar-refractivity contribution >= 4 is 22.6 Å². The minimum Gasteiger partial charge on any atom is -0.355 e. The van der Waals surface area contributed by atoms with Gasteiger partial charge in [0.25, 0.3) is 0 Å². The van der Waals surface area contributed by atoms with Crippen LogP contribution in [0.2, 0.25) is 0 Å². The fourth-order valence-corrected chi connectivity index (χ4v) is 3.77. The van der Waals surface area contributed by atoms with E-state index < -0.39 is 5.41 Å². The molecule has 1 N–H and O–H groups in total. The third-order valence-corrected chi connectivity index (χ3v) is 4.86. The van der Waals surface area contributed by atoms with Crippen LogP contribution in [0, 0.1) is 5.41 Å². The van der Waals surface area contributed by atoms with Gasteiger partial charge >= 0.3 is 0 Å². The Hall–Kier alpha value is -2.10. The van der Waals surface area contributed by atoms with Gasteiger partial charge in [0.05, 0.1) is 0 Å². The van der Waals surface area contributed by atoms with Gasteiger partial charge in [-0.25, -0.2) is 0 Å². The Morgan fingerprint density at radius 2 is 2.05 bits per heavy atom. The molecule has 1 spiro atoms. The maximum absolute atomic E-state index is 12.9. The van der Waals surface area contributed by atoms with E-state index in [9.17, 15) is 9.59 Å². The molecule has 4 nitrogen and oxygen atoms in total. The first-order valence-electron chi connectivity index (χ1n) is 7.04. The van der Waals surface area contributed by atoms with Gasteiger partial charge in [-0.1, -0.05) is 18.2 Å². The van der Waals surface area contributed by atoms with Crippen LogP contribution >= 0.6 is 0 Å². The van der Waals surface area contributed by atoms with Gasteiger partial charge in [-0.2, -0.15) is 0 Å². The number of fused-ring (bicyclic) bond motifs is 3. The summed E-state index contributed by atoms with van der Waals surface area (Å²) in [6.07, 6.45) is 2.09. The summed E-state index contributed by atoms with van der Waals surface area (Å²) in [5, 5.41) is 3.85. The first kappa shape index (κ1) is 11.7. The average Bonchev–Trinajstić information content (AvgIpc) is 2.90. The standard InChI is InChI=1S/C16H16N2O2/c1-18-11-6-3-2-5-10(11)13-12(18)9-16(14(13)19)7-4-8-17-15(16)20/h2-3,5-6H,4,7-9H2,1H3,(H,17,20). The van der Waals surface area contributed by atoms with Crippen LogP contribution in [0.3, 0.4) is 0 Å². The van der Waals surface area contributed by atoms with Crippen molar-refractivity contribution in [2.24, 2.45) is 12.5 Å². The van der Waals surface area contributed by atoms with Crippen LogP contribution in [0.15, 0.2) is 24.3 Å². The summed E-state index contributed by atoms with van der Waals surface area (Å²) in [6, 6.07) is 7.92. The molecular formula is C16H16N2O2. The second-order valence-electron chi connectivity index (χ2n) is 5.85. The number of para-hydroxylation sites is 1. The molecular weight excluding hydrogens is 252 g/mol. The number of piperidine rings is 1. The van der Waals surface area contributed by atoms with E-state index in [2.05, 4.69) is 9.88 Å². The van der Waals surface area contributed by atoms with Crippen molar-refractivity contribution < 1.29 is 9.59 Å². The second kappa shape index (κ2) is 3.72. The SMILES string of the molecule is Cn1c2c(c3ccccc31)C(=O)C1(CCCNC1=O)C2. The molecule has 1 aliphatic heterocycles. The Balaban J connectivity index is 1.96. The van der Waals surface area contributed by atoms with E-state index in [0.29, 0.717) is 19.4 Å². The zero-order valence-corrected chi connectivity index (χ0v) is 11.4. The number of nitrogens with one attached hydrogen (secondary N) is 1. The normalized spacial score (nSPS) is 25.2. The molecule has 1 unspecified atom stereocenters. The molecule has 4 heteroatoms. The average molecular weight is 268 g/mol. The molecule has 102 valence electrons. The van der Waals surface area contributed by atoms with Crippen LogP contribution in [0.1, 0.15) is 28.9 Å². The lowest BCUT2D eigenvalue weighted by Crippen LogP contribution is -2.49. The number of nitrogens with zero attached hydrogens (tertiary/aromatic N) is 1. The van der Waals surface area contributed by atoms with Gasteiger partial charge in [0.15, 0.2) is 5.78 Å². The molecule has 1 amide bonds. The Kier molecular flexibility index (Phi) is 2.18. The molecule has 1 aliphatic carbocycles. The van der Waals surface area contributed by atoms with Crippen LogP contribution in [-0.4, -0.2) is 22.8 Å². The van der Waals surface area contributed by atoms with Crippen LogP contribution < -0.4 is 5.32 Å². The zero-order chi connectivity index (χ0) is 13.9. The minimum absolute atomic E-state index is 0.0153. The molecule has 1 saturated heterocycles. The van der Waals surface area contributed by atoms with E-state index in [4.69, 9.17) is 0 Å². The summed E-state index contributed by atoms with van der Waals surface area (Å²) >= 11 is 0. The lowest BCUT2D eigenvalue weighted by atomic mass is 9.76. The Labute approximate surface area is 116 Å². The van der Waals surface area contributed by atoms with E-state index in [0.717, 1.165) is 28.6 Å². The van der Waals surface area contributed by atoms with E-state index >= 15 is 0 Å². The molecule has 2 aliphatic rings. The molecule has 2 aromatic rings. The maximum atomic E-state index is 12.9. The number of carbonyl (C=O) groups is 2. The summed E-state index contributed by atoms with van der Waals surface area (Å²) in [5.41, 5.74) is 2.00. The minimum atomic E-state index is -0.843. The van der Waals surface area contributed by atoms with Crippen molar-refractivity contribution in [3.05, 3.63) is 35.5 Å². The van der Waals surface area contributed by atoms with E-state index in [1.165, 1.54) is 0 Å². The number of ketones is 1. The van der Waals surface area contributed by atoms with Gasteiger partial charge in [-0.05, 0) is 18.9 Å². The molecule has 1 aromatic heterocycles. The fourth-order valence-electron chi connectivity index (χ4n) is 3.77. The number of amides is 1. The first-order valence-corrected chi connectivity index (χ1v) is 7.04. The summed E-state index contributed by atoms with van der Waals surface area (Å²) in [5.74, 6) is -0.0736. The molecule has 0 bridgehead atoms. The highest BCUT2D eigenvalue weighted by Crippen LogP contribution is 2.45. The predicted molar refractivity (Wildman–Crippen MR) is 75.6 cm³/mol. The molecule has 20 heavy (non-hydrogen) atoms. The van der Waals surface area contributed by atoms with Crippen molar-refractivity contribution in [2.45, 2.75) is 19.3 Å². The number of carbonyl (C=O) groups excluding carboxylic acids is 2.